The number of anilines is 1. The lowest BCUT2D eigenvalue weighted by molar-refractivity contribution is 0.165. The van der Waals surface area contributed by atoms with Gasteiger partial charge in [-0.1, -0.05) is 22.9 Å². The lowest BCUT2D eigenvalue weighted by Crippen LogP contribution is -2.44. The minimum absolute atomic E-state index is 0.0101. The van der Waals surface area contributed by atoms with Crippen molar-refractivity contribution in [2.75, 3.05) is 11.9 Å². The normalized spacial score (nSPS) is 17.0. The van der Waals surface area contributed by atoms with Gasteiger partial charge in [-0.05, 0) is 43.7 Å². The maximum absolute atomic E-state index is 13.9. The third-order valence-corrected chi connectivity index (χ3v) is 4.83. The molecule has 1 atom stereocenters. The molecule has 0 bridgehead atoms. The molecule has 1 aliphatic heterocycles. The molecule has 1 aromatic carbocycles. The molecule has 4 nitrogen and oxygen atoms in total. The highest BCUT2D eigenvalue weighted by Crippen LogP contribution is 2.31. The smallest absolute Gasteiger partial charge is 0.322 e. The Kier molecular flexibility index (Phi) is 4.43. The number of aromatic nitrogens is 1. The van der Waals surface area contributed by atoms with Crippen molar-refractivity contribution in [3.05, 3.63) is 52.0 Å². The van der Waals surface area contributed by atoms with Gasteiger partial charge in [-0.25, -0.2) is 9.18 Å². The van der Waals surface area contributed by atoms with Crippen LogP contribution in [0.25, 0.3) is 0 Å². The Labute approximate surface area is 143 Å². The van der Waals surface area contributed by atoms with Gasteiger partial charge < -0.3 is 14.8 Å². The van der Waals surface area contributed by atoms with Crippen LogP contribution in [-0.2, 0) is 6.54 Å². The predicted molar refractivity (Wildman–Crippen MR) is 92.0 cm³/mol. The van der Waals surface area contributed by atoms with Gasteiger partial charge in [-0.3, -0.25) is 0 Å². The second-order valence-electron chi connectivity index (χ2n) is 5.72. The molecule has 6 heteroatoms. The highest BCUT2D eigenvalue weighted by Gasteiger charge is 2.30. The molecule has 0 saturated heterocycles. The number of nitrogens with one attached hydrogen (secondary N) is 1. The number of carbonyl (C=O) groups excluding carboxylic acids is 1. The van der Waals surface area contributed by atoms with Crippen LogP contribution in [0, 0.1) is 12.7 Å². The molecule has 1 aliphatic rings. The second-order valence-corrected chi connectivity index (χ2v) is 6.64. The molecule has 0 radical (unpaired) electrons. The van der Waals surface area contributed by atoms with Gasteiger partial charge in [0.05, 0.1) is 11.7 Å². The standard InChI is InChI=1S/C17H19BrFN3O/c1-3-15-16-7-4-11(2)21(16)8-9-22(15)17(23)20-14-6-5-12(18)10-13(14)19/h4-7,10,15H,3,8-9H2,1-2H3,(H,20,23). The molecule has 0 saturated carbocycles. The predicted octanol–water partition coefficient (Wildman–Crippen LogP) is 4.70. The van der Waals surface area contributed by atoms with Gasteiger partial charge in [-0.15, -0.1) is 0 Å². The van der Waals surface area contributed by atoms with E-state index in [1.165, 1.54) is 11.8 Å². The van der Waals surface area contributed by atoms with E-state index in [1.54, 1.807) is 17.0 Å². The molecule has 23 heavy (non-hydrogen) atoms. The molecule has 122 valence electrons. The number of benzene rings is 1. The van der Waals surface area contributed by atoms with Crippen molar-refractivity contribution >= 4 is 27.6 Å². The van der Waals surface area contributed by atoms with E-state index >= 15 is 0 Å². The monoisotopic (exact) mass is 379 g/mol. The summed E-state index contributed by atoms with van der Waals surface area (Å²) in [4.78, 5) is 14.4. The Bertz CT molecular complexity index is 743. The van der Waals surface area contributed by atoms with Crippen LogP contribution in [0.2, 0.25) is 0 Å². The molecule has 2 heterocycles. The number of urea groups is 1. The summed E-state index contributed by atoms with van der Waals surface area (Å²) >= 11 is 3.21. The van der Waals surface area contributed by atoms with Crippen molar-refractivity contribution < 1.29 is 9.18 Å². The van der Waals surface area contributed by atoms with E-state index in [0.717, 1.165) is 18.7 Å². The fraction of sp³-hybridized carbons (Fsp3) is 0.353. The SMILES string of the molecule is CCC1c2ccc(C)n2CCN1C(=O)Nc1ccc(Br)cc1F. The number of aryl methyl sites for hydroxylation is 1. The highest BCUT2D eigenvalue weighted by molar-refractivity contribution is 9.10. The van der Waals surface area contributed by atoms with Crippen molar-refractivity contribution in [3.8, 4) is 0 Å². The molecule has 0 aliphatic carbocycles. The minimum atomic E-state index is -0.447. The molecule has 3 rings (SSSR count). The molecule has 1 unspecified atom stereocenters. The number of rotatable bonds is 2. The number of hydrogen-bond donors (Lipinski definition) is 1. The van der Waals surface area contributed by atoms with Crippen LogP contribution < -0.4 is 5.32 Å². The average molecular weight is 380 g/mol. The third kappa shape index (κ3) is 3.00. The number of nitrogens with zero attached hydrogens (tertiary/aromatic N) is 2. The van der Waals surface area contributed by atoms with Crippen molar-refractivity contribution in [2.45, 2.75) is 32.9 Å². The van der Waals surface area contributed by atoms with E-state index in [4.69, 9.17) is 0 Å². The zero-order valence-electron chi connectivity index (χ0n) is 13.1. The first-order chi connectivity index (χ1) is 11.0. The number of halogens is 2. The maximum Gasteiger partial charge on any atom is 0.322 e. The molecule has 2 aromatic rings. The number of carbonyl (C=O) groups is 1. The minimum Gasteiger partial charge on any atom is -0.345 e. The van der Waals surface area contributed by atoms with Crippen molar-refractivity contribution in [1.82, 2.24) is 9.47 Å². The first-order valence-corrected chi connectivity index (χ1v) is 8.49. The van der Waals surface area contributed by atoms with E-state index in [-0.39, 0.29) is 17.8 Å². The van der Waals surface area contributed by atoms with Crippen LogP contribution >= 0.6 is 15.9 Å². The van der Waals surface area contributed by atoms with E-state index in [0.29, 0.717) is 11.0 Å². The van der Waals surface area contributed by atoms with E-state index in [2.05, 4.69) is 51.8 Å². The summed E-state index contributed by atoms with van der Waals surface area (Å²) in [6, 6.07) is 8.52. The Morgan fingerprint density at radius 2 is 2.13 bits per heavy atom. The Hall–Kier alpha value is -1.82. The van der Waals surface area contributed by atoms with Crippen molar-refractivity contribution in [2.24, 2.45) is 0 Å². The lowest BCUT2D eigenvalue weighted by Gasteiger charge is -2.37. The largest absolute Gasteiger partial charge is 0.345 e. The summed E-state index contributed by atoms with van der Waals surface area (Å²) in [5, 5.41) is 2.69. The van der Waals surface area contributed by atoms with Crippen LogP contribution in [0.3, 0.4) is 0 Å². The summed E-state index contributed by atoms with van der Waals surface area (Å²) < 4.78 is 16.8. The lowest BCUT2D eigenvalue weighted by atomic mass is 10.1. The fourth-order valence-corrected chi connectivity index (χ4v) is 3.49. The summed E-state index contributed by atoms with van der Waals surface area (Å²) in [6.45, 7) is 5.51. The molecular weight excluding hydrogens is 361 g/mol. The maximum atomic E-state index is 13.9. The van der Waals surface area contributed by atoms with Crippen LogP contribution in [0.4, 0.5) is 14.9 Å². The quantitative estimate of drug-likeness (QED) is 0.806. The van der Waals surface area contributed by atoms with Gasteiger partial charge in [0.2, 0.25) is 0 Å². The fourth-order valence-electron chi connectivity index (χ4n) is 3.16. The second kappa shape index (κ2) is 6.35. The van der Waals surface area contributed by atoms with Crippen molar-refractivity contribution in [1.29, 1.82) is 0 Å². The topological polar surface area (TPSA) is 37.3 Å². The van der Waals surface area contributed by atoms with Gasteiger partial charge in [0.25, 0.3) is 0 Å². The molecule has 0 fully saturated rings. The number of amides is 2. The van der Waals surface area contributed by atoms with E-state index < -0.39 is 5.82 Å². The van der Waals surface area contributed by atoms with Crippen LogP contribution in [-0.4, -0.2) is 22.0 Å². The third-order valence-electron chi connectivity index (χ3n) is 4.34. The Morgan fingerprint density at radius 3 is 2.83 bits per heavy atom. The van der Waals surface area contributed by atoms with Gasteiger partial charge in [-0.2, -0.15) is 0 Å². The van der Waals surface area contributed by atoms with Crippen LogP contribution in [0.1, 0.15) is 30.8 Å². The molecule has 2 amide bonds. The Morgan fingerprint density at radius 1 is 1.35 bits per heavy atom. The van der Waals surface area contributed by atoms with Crippen LogP contribution in [0.15, 0.2) is 34.8 Å². The molecule has 0 spiro atoms. The van der Waals surface area contributed by atoms with Crippen molar-refractivity contribution in [3.63, 3.8) is 0 Å². The van der Waals surface area contributed by atoms with E-state index in [1.807, 2.05) is 0 Å². The first kappa shape index (κ1) is 16.1. The Balaban J connectivity index is 1.82. The number of hydrogen-bond acceptors (Lipinski definition) is 1. The van der Waals surface area contributed by atoms with Gasteiger partial charge in [0, 0.05) is 29.0 Å². The molecular formula is C17H19BrFN3O. The van der Waals surface area contributed by atoms with Gasteiger partial charge in [0.1, 0.15) is 5.82 Å². The molecule has 1 N–H and O–H groups in total. The first-order valence-electron chi connectivity index (χ1n) is 7.70. The average Bonchev–Trinajstić information content (AvgIpc) is 2.90. The summed E-state index contributed by atoms with van der Waals surface area (Å²) in [7, 11) is 0. The summed E-state index contributed by atoms with van der Waals surface area (Å²) in [5.41, 5.74) is 2.55. The molecule has 1 aromatic heterocycles. The van der Waals surface area contributed by atoms with E-state index in [9.17, 15) is 9.18 Å². The highest BCUT2D eigenvalue weighted by atomic mass is 79.9. The zero-order valence-corrected chi connectivity index (χ0v) is 14.7. The number of fused-ring (bicyclic) bond motifs is 1. The van der Waals surface area contributed by atoms with Gasteiger partial charge >= 0.3 is 6.03 Å². The summed E-state index contributed by atoms with van der Waals surface area (Å²) in [6.07, 6.45) is 0.819. The summed E-state index contributed by atoms with van der Waals surface area (Å²) in [5.74, 6) is -0.447. The zero-order chi connectivity index (χ0) is 16.6. The van der Waals surface area contributed by atoms with Gasteiger partial charge in [0.15, 0.2) is 0 Å². The van der Waals surface area contributed by atoms with Crippen LogP contribution in [0.5, 0.6) is 0 Å².